The number of hydrogen-bond donors (Lipinski definition) is 2. The van der Waals surface area contributed by atoms with Gasteiger partial charge in [-0.2, -0.15) is 4.37 Å². The molecule has 0 aliphatic heterocycles. The maximum atomic E-state index is 9.05. The van der Waals surface area contributed by atoms with Crippen LogP contribution in [0.1, 0.15) is 37.5 Å². The molecule has 0 saturated carbocycles. The van der Waals surface area contributed by atoms with Gasteiger partial charge in [-0.15, -0.1) is 0 Å². The number of nitrogens with zero attached hydrogens (tertiary/aromatic N) is 2. The molecule has 0 radical (unpaired) electrons. The lowest BCUT2D eigenvalue weighted by Crippen LogP contribution is -2.17. The summed E-state index contributed by atoms with van der Waals surface area (Å²) in [6.45, 7) is 6.64. The van der Waals surface area contributed by atoms with Gasteiger partial charge in [0.05, 0.1) is 6.61 Å². The van der Waals surface area contributed by atoms with Crippen LogP contribution in [0.4, 0.5) is 0 Å². The molecule has 1 heterocycles. The van der Waals surface area contributed by atoms with Crippen LogP contribution in [0.15, 0.2) is 0 Å². The van der Waals surface area contributed by atoms with E-state index < -0.39 is 0 Å². The van der Waals surface area contributed by atoms with Gasteiger partial charge >= 0.3 is 0 Å². The number of aliphatic hydroxyl groups excluding tert-OH is 1. The first-order chi connectivity index (χ1) is 6.49. The predicted molar refractivity (Wildman–Crippen MR) is 57.5 cm³/mol. The predicted octanol–water partition coefficient (Wildman–Crippen LogP) is 0.870. The van der Waals surface area contributed by atoms with Crippen LogP contribution < -0.4 is 5.73 Å². The second kappa shape index (κ2) is 4.33. The van der Waals surface area contributed by atoms with Crippen LogP contribution in [0.25, 0.3) is 0 Å². The lowest BCUT2D eigenvalue weighted by molar-refractivity contribution is 0.267. The van der Waals surface area contributed by atoms with Crippen LogP contribution in [0.5, 0.6) is 0 Å². The summed E-state index contributed by atoms with van der Waals surface area (Å²) in [5, 5.41) is 9.88. The first-order valence-corrected chi connectivity index (χ1v) is 5.41. The molecule has 80 valence electrons. The van der Waals surface area contributed by atoms with Crippen LogP contribution in [-0.2, 0) is 5.41 Å². The van der Waals surface area contributed by atoms with Crippen molar-refractivity contribution in [2.75, 3.05) is 13.2 Å². The minimum atomic E-state index is -0.0661. The highest BCUT2D eigenvalue weighted by Crippen LogP contribution is 2.24. The second-order valence-electron chi connectivity index (χ2n) is 4.32. The van der Waals surface area contributed by atoms with Crippen molar-refractivity contribution in [1.82, 2.24) is 9.36 Å². The van der Waals surface area contributed by atoms with Crippen molar-refractivity contribution in [3.8, 4) is 0 Å². The Labute approximate surface area is 88.3 Å². The molecule has 0 fully saturated rings. The molecule has 1 aromatic rings. The Morgan fingerprint density at radius 1 is 1.50 bits per heavy atom. The molecule has 5 heteroatoms. The minimum absolute atomic E-state index is 0.0370. The Hall–Kier alpha value is -0.520. The highest BCUT2D eigenvalue weighted by Gasteiger charge is 2.22. The van der Waals surface area contributed by atoms with E-state index in [-0.39, 0.29) is 17.9 Å². The van der Waals surface area contributed by atoms with Gasteiger partial charge in [0.1, 0.15) is 10.8 Å². The summed E-state index contributed by atoms with van der Waals surface area (Å²) in [5.74, 6) is 0.757. The molecule has 14 heavy (non-hydrogen) atoms. The van der Waals surface area contributed by atoms with E-state index in [9.17, 15) is 0 Å². The van der Waals surface area contributed by atoms with E-state index in [0.29, 0.717) is 6.54 Å². The van der Waals surface area contributed by atoms with E-state index in [1.165, 1.54) is 11.5 Å². The van der Waals surface area contributed by atoms with E-state index in [4.69, 9.17) is 10.8 Å². The summed E-state index contributed by atoms with van der Waals surface area (Å²) in [6, 6.07) is 0. The van der Waals surface area contributed by atoms with E-state index >= 15 is 0 Å². The quantitative estimate of drug-likeness (QED) is 0.784. The molecule has 0 spiro atoms. The van der Waals surface area contributed by atoms with Crippen LogP contribution >= 0.6 is 11.5 Å². The number of aromatic nitrogens is 2. The van der Waals surface area contributed by atoms with Crippen LogP contribution in [-0.4, -0.2) is 27.6 Å². The third-order valence-corrected chi connectivity index (χ3v) is 2.84. The molecule has 0 bridgehead atoms. The first kappa shape index (κ1) is 11.6. The van der Waals surface area contributed by atoms with Gasteiger partial charge in [0.25, 0.3) is 0 Å². The highest BCUT2D eigenvalue weighted by atomic mass is 32.1. The van der Waals surface area contributed by atoms with Crippen molar-refractivity contribution in [1.29, 1.82) is 0 Å². The molecule has 1 unspecified atom stereocenters. The zero-order chi connectivity index (χ0) is 10.8. The van der Waals surface area contributed by atoms with Gasteiger partial charge in [-0.25, -0.2) is 4.98 Å². The molecule has 3 N–H and O–H groups in total. The van der Waals surface area contributed by atoms with Gasteiger partial charge in [0, 0.05) is 17.9 Å². The lowest BCUT2D eigenvalue weighted by Gasteiger charge is -2.12. The van der Waals surface area contributed by atoms with Gasteiger partial charge in [0.15, 0.2) is 0 Å². The SMILES string of the molecule is CC(C)(C)c1nsc(C(CN)CO)n1. The maximum Gasteiger partial charge on any atom is 0.147 e. The van der Waals surface area contributed by atoms with Crippen molar-refractivity contribution in [2.45, 2.75) is 32.1 Å². The van der Waals surface area contributed by atoms with Crippen molar-refractivity contribution < 1.29 is 5.11 Å². The van der Waals surface area contributed by atoms with E-state index in [0.717, 1.165) is 10.8 Å². The van der Waals surface area contributed by atoms with Crippen molar-refractivity contribution in [2.24, 2.45) is 5.73 Å². The van der Waals surface area contributed by atoms with Gasteiger partial charge in [-0.1, -0.05) is 20.8 Å². The van der Waals surface area contributed by atoms with Gasteiger partial charge in [-0.3, -0.25) is 0 Å². The fourth-order valence-electron chi connectivity index (χ4n) is 0.959. The normalized spacial score (nSPS) is 14.4. The van der Waals surface area contributed by atoms with Gasteiger partial charge in [0.2, 0.25) is 0 Å². The molecular formula is C9H17N3OS. The number of rotatable bonds is 3. The molecule has 1 atom stereocenters. The number of hydrogen-bond acceptors (Lipinski definition) is 5. The molecule has 0 aliphatic carbocycles. The van der Waals surface area contributed by atoms with E-state index in [1.807, 2.05) is 0 Å². The summed E-state index contributed by atoms with van der Waals surface area (Å²) >= 11 is 1.33. The third kappa shape index (κ3) is 2.50. The van der Waals surface area contributed by atoms with Crippen LogP contribution in [0.2, 0.25) is 0 Å². The fraction of sp³-hybridized carbons (Fsp3) is 0.778. The van der Waals surface area contributed by atoms with Gasteiger partial charge < -0.3 is 10.8 Å². The molecular weight excluding hydrogens is 198 g/mol. The number of aliphatic hydroxyl groups is 1. The molecule has 0 amide bonds. The standard InChI is InChI=1S/C9H17N3OS/c1-9(2,3)8-11-7(14-12-8)6(4-10)5-13/h6,13H,4-5,10H2,1-3H3. The van der Waals surface area contributed by atoms with Gasteiger partial charge in [-0.05, 0) is 11.5 Å². The Bertz CT molecular complexity index is 288. The molecule has 1 rings (SSSR count). The largest absolute Gasteiger partial charge is 0.396 e. The summed E-state index contributed by atoms with van der Waals surface area (Å²) in [7, 11) is 0. The molecule has 0 aromatic carbocycles. The Morgan fingerprint density at radius 3 is 2.50 bits per heavy atom. The summed E-state index contributed by atoms with van der Waals surface area (Å²) in [4.78, 5) is 4.39. The molecule has 0 aliphatic rings. The summed E-state index contributed by atoms with van der Waals surface area (Å²) in [6.07, 6.45) is 0. The zero-order valence-electron chi connectivity index (χ0n) is 8.82. The third-order valence-electron chi connectivity index (χ3n) is 1.97. The highest BCUT2D eigenvalue weighted by molar-refractivity contribution is 7.05. The average molecular weight is 215 g/mol. The van der Waals surface area contributed by atoms with Crippen LogP contribution in [0, 0.1) is 0 Å². The molecule has 1 aromatic heterocycles. The first-order valence-electron chi connectivity index (χ1n) is 4.64. The van der Waals surface area contributed by atoms with Crippen molar-refractivity contribution in [3.63, 3.8) is 0 Å². The van der Waals surface area contributed by atoms with Crippen molar-refractivity contribution >= 4 is 11.5 Å². The van der Waals surface area contributed by atoms with E-state index in [1.54, 1.807) is 0 Å². The second-order valence-corrected chi connectivity index (χ2v) is 5.10. The summed E-state index contributed by atoms with van der Waals surface area (Å²) in [5.41, 5.74) is 5.47. The van der Waals surface area contributed by atoms with Crippen molar-refractivity contribution in [3.05, 3.63) is 10.8 Å². The fourth-order valence-corrected chi connectivity index (χ4v) is 1.90. The Kier molecular flexibility index (Phi) is 3.58. The topological polar surface area (TPSA) is 72.0 Å². The Balaban J connectivity index is 2.87. The molecule has 4 nitrogen and oxygen atoms in total. The monoisotopic (exact) mass is 215 g/mol. The number of nitrogens with two attached hydrogens (primary N) is 1. The summed E-state index contributed by atoms with van der Waals surface area (Å²) < 4.78 is 4.27. The van der Waals surface area contributed by atoms with E-state index in [2.05, 4.69) is 30.1 Å². The average Bonchev–Trinajstić information content (AvgIpc) is 2.54. The zero-order valence-corrected chi connectivity index (χ0v) is 9.64. The lowest BCUT2D eigenvalue weighted by atomic mass is 9.96. The smallest absolute Gasteiger partial charge is 0.147 e. The molecule has 0 saturated heterocycles. The minimum Gasteiger partial charge on any atom is -0.396 e. The van der Waals surface area contributed by atoms with Crippen LogP contribution in [0.3, 0.4) is 0 Å². The maximum absolute atomic E-state index is 9.05. The Morgan fingerprint density at radius 2 is 2.14 bits per heavy atom.